The lowest BCUT2D eigenvalue weighted by atomic mass is 9.99. The van der Waals surface area contributed by atoms with Crippen LogP contribution in [0.25, 0.3) is 0 Å². The molecule has 1 aromatic rings. The van der Waals surface area contributed by atoms with Gasteiger partial charge in [0.15, 0.2) is 0 Å². The van der Waals surface area contributed by atoms with E-state index in [0.717, 1.165) is 21.4 Å². The summed E-state index contributed by atoms with van der Waals surface area (Å²) in [6, 6.07) is 7.09. The van der Waals surface area contributed by atoms with Crippen LogP contribution in [0.15, 0.2) is 27.1 Å². The number of benzene rings is 1. The molecule has 1 atom stereocenters. The van der Waals surface area contributed by atoms with Gasteiger partial charge >= 0.3 is 0 Å². The maximum Gasteiger partial charge on any atom is 0.0320 e. The third kappa shape index (κ3) is 3.80. The van der Waals surface area contributed by atoms with Crippen LogP contribution in [0, 0.1) is 5.92 Å². The topological polar surface area (TPSA) is 12.0 Å². The van der Waals surface area contributed by atoms with Crippen molar-refractivity contribution in [2.24, 2.45) is 5.92 Å². The molecular weight excluding hydrogens is 342 g/mol. The fourth-order valence-electron chi connectivity index (χ4n) is 2.55. The third-order valence-electron chi connectivity index (χ3n) is 3.72. The summed E-state index contributed by atoms with van der Waals surface area (Å²) < 4.78 is 2.25. The number of hydrogen-bond acceptors (Lipinski definition) is 1. The van der Waals surface area contributed by atoms with Gasteiger partial charge in [0.1, 0.15) is 0 Å². The summed E-state index contributed by atoms with van der Waals surface area (Å²) in [5, 5.41) is 3.65. The van der Waals surface area contributed by atoms with E-state index in [4.69, 9.17) is 0 Å². The van der Waals surface area contributed by atoms with Crippen LogP contribution in [0.4, 0.5) is 0 Å². The molecule has 0 amide bonds. The molecule has 1 fully saturated rings. The molecular formula is C14H19Br2N. The van der Waals surface area contributed by atoms with Crippen molar-refractivity contribution in [3.63, 3.8) is 0 Å². The highest BCUT2D eigenvalue weighted by molar-refractivity contribution is 9.13. The number of hydrogen-bond donors (Lipinski definition) is 1. The van der Waals surface area contributed by atoms with E-state index < -0.39 is 0 Å². The molecule has 0 saturated heterocycles. The van der Waals surface area contributed by atoms with E-state index in [2.05, 4.69) is 62.3 Å². The van der Waals surface area contributed by atoms with Crippen molar-refractivity contribution in [3.05, 3.63) is 32.7 Å². The van der Waals surface area contributed by atoms with Gasteiger partial charge < -0.3 is 5.32 Å². The second-order valence-electron chi connectivity index (χ2n) is 4.96. The molecule has 1 nitrogen and oxygen atoms in total. The summed E-state index contributed by atoms with van der Waals surface area (Å²) in [4.78, 5) is 0. The van der Waals surface area contributed by atoms with Gasteiger partial charge in [0.25, 0.3) is 0 Å². The van der Waals surface area contributed by atoms with Crippen molar-refractivity contribution in [1.29, 1.82) is 0 Å². The van der Waals surface area contributed by atoms with Gasteiger partial charge in [-0.15, -0.1) is 0 Å². The Morgan fingerprint density at radius 1 is 1.24 bits per heavy atom. The normalized spacial score (nSPS) is 18.5. The van der Waals surface area contributed by atoms with Crippen molar-refractivity contribution in [1.82, 2.24) is 5.32 Å². The van der Waals surface area contributed by atoms with Crippen LogP contribution in [-0.2, 0) is 6.54 Å². The predicted molar refractivity (Wildman–Crippen MR) is 80.1 cm³/mol. The van der Waals surface area contributed by atoms with Crippen LogP contribution >= 0.6 is 31.9 Å². The summed E-state index contributed by atoms with van der Waals surface area (Å²) in [5.74, 6) is 0.883. The van der Waals surface area contributed by atoms with E-state index in [-0.39, 0.29) is 0 Å². The van der Waals surface area contributed by atoms with Crippen LogP contribution in [0.3, 0.4) is 0 Å². The maximum atomic E-state index is 3.65. The molecule has 0 aromatic heterocycles. The molecule has 3 heteroatoms. The van der Waals surface area contributed by atoms with E-state index >= 15 is 0 Å². The molecule has 1 N–H and O–H groups in total. The first kappa shape index (κ1) is 13.6. The Balaban J connectivity index is 1.86. The largest absolute Gasteiger partial charge is 0.310 e. The zero-order valence-electron chi connectivity index (χ0n) is 10.2. The first-order valence-corrected chi connectivity index (χ1v) is 7.92. The number of nitrogens with one attached hydrogen (secondary N) is 1. The molecule has 0 spiro atoms. The smallest absolute Gasteiger partial charge is 0.0320 e. The van der Waals surface area contributed by atoms with E-state index in [9.17, 15) is 0 Å². The Kier molecular flexibility index (Phi) is 5.07. The molecule has 2 rings (SSSR count). The summed E-state index contributed by atoms with van der Waals surface area (Å²) in [5.41, 5.74) is 1.34. The summed E-state index contributed by atoms with van der Waals surface area (Å²) in [6.07, 6.45) is 5.64. The molecule has 1 aliphatic carbocycles. The van der Waals surface area contributed by atoms with Crippen LogP contribution in [0.5, 0.6) is 0 Å². The van der Waals surface area contributed by atoms with Gasteiger partial charge in [0, 0.05) is 21.5 Å². The van der Waals surface area contributed by atoms with Gasteiger partial charge in [0.05, 0.1) is 0 Å². The summed E-state index contributed by atoms with van der Waals surface area (Å²) >= 11 is 7.04. The third-order valence-corrected chi connectivity index (χ3v) is 5.60. The van der Waals surface area contributed by atoms with E-state index in [1.165, 1.54) is 31.2 Å². The molecule has 0 radical (unpaired) electrons. The van der Waals surface area contributed by atoms with E-state index in [1.807, 2.05) is 0 Å². The van der Waals surface area contributed by atoms with Gasteiger partial charge in [-0.25, -0.2) is 0 Å². The Morgan fingerprint density at radius 3 is 2.59 bits per heavy atom. The van der Waals surface area contributed by atoms with Crippen molar-refractivity contribution < 1.29 is 0 Å². The van der Waals surface area contributed by atoms with Gasteiger partial charge in [0.2, 0.25) is 0 Å². The predicted octanol–water partition coefficient (Wildman–Crippen LogP) is 4.88. The molecule has 94 valence electrons. The van der Waals surface area contributed by atoms with Crippen molar-refractivity contribution in [2.75, 3.05) is 0 Å². The van der Waals surface area contributed by atoms with Gasteiger partial charge in [-0.05, 0) is 75.2 Å². The fourth-order valence-corrected chi connectivity index (χ4v) is 3.23. The van der Waals surface area contributed by atoms with Crippen molar-refractivity contribution >= 4 is 31.9 Å². The lowest BCUT2D eigenvalue weighted by Gasteiger charge is -2.20. The van der Waals surface area contributed by atoms with E-state index in [0.29, 0.717) is 6.04 Å². The fraction of sp³-hybridized carbons (Fsp3) is 0.571. The molecule has 17 heavy (non-hydrogen) atoms. The molecule has 1 aliphatic rings. The summed E-state index contributed by atoms with van der Waals surface area (Å²) in [6.45, 7) is 3.29. The first-order valence-electron chi connectivity index (χ1n) is 6.34. The second-order valence-corrected chi connectivity index (χ2v) is 6.67. The Bertz CT molecular complexity index is 372. The van der Waals surface area contributed by atoms with Gasteiger partial charge in [-0.2, -0.15) is 0 Å². The minimum absolute atomic E-state index is 0.639. The van der Waals surface area contributed by atoms with Crippen LogP contribution < -0.4 is 5.32 Å². The lowest BCUT2D eigenvalue weighted by molar-refractivity contribution is 0.380. The standard InChI is InChI=1S/C14H19Br2N/c1-10(12-4-2-3-5-12)17-9-11-6-7-13(15)14(16)8-11/h6-8,10,12,17H,2-5,9H2,1H3/t10-/m1/s1. The second kappa shape index (κ2) is 6.35. The van der Waals surface area contributed by atoms with Gasteiger partial charge in [-0.1, -0.05) is 18.9 Å². The molecule has 1 saturated carbocycles. The maximum absolute atomic E-state index is 3.65. The SMILES string of the molecule is C[C@@H](NCc1ccc(Br)c(Br)c1)C1CCCC1. The average Bonchev–Trinajstić information content (AvgIpc) is 2.84. The highest BCUT2D eigenvalue weighted by atomic mass is 79.9. The van der Waals surface area contributed by atoms with Crippen LogP contribution in [0.2, 0.25) is 0 Å². The molecule has 0 bridgehead atoms. The molecule has 0 unspecified atom stereocenters. The summed E-state index contributed by atoms with van der Waals surface area (Å²) in [7, 11) is 0. The molecule has 1 aromatic carbocycles. The Morgan fingerprint density at radius 2 is 1.94 bits per heavy atom. The first-order chi connectivity index (χ1) is 8.16. The highest BCUT2D eigenvalue weighted by Gasteiger charge is 2.20. The number of halogens is 2. The van der Waals surface area contributed by atoms with E-state index in [1.54, 1.807) is 0 Å². The Labute approximate surface area is 121 Å². The average molecular weight is 361 g/mol. The molecule has 0 heterocycles. The van der Waals surface area contributed by atoms with Crippen LogP contribution in [-0.4, -0.2) is 6.04 Å². The molecule has 0 aliphatic heterocycles. The van der Waals surface area contributed by atoms with Crippen LogP contribution in [0.1, 0.15) is 38.2 Å². The zero-order chi connectivity index (χ0) is 12.3. The van der Waals surface area contributed by atoms with Crippen molar-refractivity contribution in [3.8, 4) is 0 Å². The zero-order valence-corrected chi connectivity index (χ0v) is 13.4. The highest BCUT2D eigenvalue weighted by Crippen LogP contribution is 2.28. The number of rotatable bonds is 4. The minimum atomic E-state index is 0.639. The van der Waals surface area contributed by atoms with Gasteiger partial charge in [-0.3, -0.25) is 0 Å². The monoisotopic (exact) mass is 359 g/mol. The quantitative estimate of drug-likeness (QED) is 0.806. The lowest BCUT2D eigenvalue weighted by Crippen LogP contribution is -2.31. The van der Waals surface area contributed by atoms with Crippen molar-refractivity contribution in [2.45, 2.75) is 45.2 Å². The Hall–Kier alpha value is 0.140. The minimum Gasteiger partial charge on any atom is -0.310 e.